The van der Waals surface area contributed by atoms with Crippen LogP contribution in [0.2, 0.25) is 0 Å². The Balaban J connectivity index is 1.42. The van der Waals surface area contributed by atoms with E-state index in [1.807, 2.05) is 29.9 Å². The number of carbonyl (C=O) groups excluding carboxylic acids is 2. The molecular formula is C20H25N5O2. The van der Waals surface area contributed by atoms with Crippen LogP contribution in [0.3, 0.4) is 0 Å². The second-order valence-electron chi connectivity index (χ2n) is 7.58. The van der Waals surface area contributed by atoms with E-state index in [2.05, 4.69) is 15.4 Å². The topological polar surface area (TPSA) is 80.1 Å². The summed E-state index contributed by atoms with van der Waals surface area (Å²) in [7, 11) is 0. The highest BCUT2D eigenvalue weighted by molar-refractivity contribution is 5.97. The fourth-order valence-corrected chi connectivity index (χ4v) is 4.06. The summed E-state index contributed by atoms with van der Waals surface area (Å²) >= 11 is 0. The molecule has 7 nitrogen and oxygen atoms in total. The molecule has 27 heavy (non-hydrogen) atoms. The lowest BCUT2D eigenvalue weighted by atomic mass is 10.1. The number of amides is 2. The Kier molecular flexibility index (Phi) is 4.92. The van der Waals surface area contributed by atoms with Gasteiger partial charge < -0.3 is 10.2 Å². The average Bonchev–Trinajstić information content (AvgIpc) is 3.39. The molecule has 1 N–H and O–H groups in total. The van der Waals surface area contributed by atoms with Crippen LogP contribution in [-0.2, 0) is 16.1 Å². The fraction of sp³-hybridized carbons (Fsp3) is 0.500. The van der Waals surface area contributed by atoms with Crippen molar-refractivity contribution in [1.82, 2.24) is 19.7 Å². The zero-order valence-corrected chi connectivity index (χ0v) is 15.6. The van der Waals surface area contributed by atoms with E-state index < -0.39 is 0 Å². The Bertz CT molecular complexity index is 826. The van der Waals surface area contributed by atoms with Crippen LogP contribution < -0.4 is 5.32 Å². The third-order valence-electron chi connectivity index (χ3n) is 5.60. The van der Waals surface area contributed by atoms with Crippen LogP contribution >= 0.6 is 0 Å². The van der Waals surface area contributed by atoms with Gasteiger partial charge in [0.25, 0.3) is 0 Å². The number of carbonyl (C=O) groups is 2. The minimum absolute atomic E-state index is 0.0213. The van der Waals surface area contributed by atoms with Crippen LogP contribution in [0, 0.1) is 12.8 Å². The molecule has 2 aromatic rings. The van der Waals surface area contributed by atoms with Gasteiger partial charge in [-0.05, 0) is 37.5 Å². The lowest BCUT2D eigenvalue weighted by Crippen LogP contribution is -2.29. The summed E-state index contributed by atoms with van der Waals surface area (Å²) in [6, 6.07) is 4.15. The molecule has 2 fully saturated rings. The molecule has 142 valence electrons. The highest BCUT2D eigenvalue weighted by atomic mass is 16.2. The summed E-state index contributed by atoms with van der Waals surface area (Å²) in [6.45, 7) is 2.93. The molecule has 4 rings (SSSR count). The van der Waals surface area contributed by atoms with Crippen molar-refractivity contribution in [2.75, 3.05) is 11.9 Å². The van der Waals surface area contributed by atoms with Gasteiger partial charge in [0.05, 0.1) is 18.2 Å². The van der Waals surface area contributed by atoms with Gasteiger partial charge in [0, 0.05) is 37.5 Å². The van der Waals surface area contributed by atoms with Crippen LogP contribution in [0.25, 0.3) is 0 Å². The predicted molar refractivity (Wildman–Crippen MR) is 101 cm³/mol. The molecule has 1 aliphatic carbocycles. The van der Waals surface area contributed by atoms with Crippen molar-refractivity contribution < 1.29 is 9.59 Å². The number of anilines is 1. The highest BCUT2D eigenvalue weighted by Crippen LogP contribution is 2.33. The first-order valence-corrected chi connectivity index (χ1v) is 9.63. The van der Waals surface area contributed by atoms with Gasteiger partial charge in [0.2, 0.25) is 11.8 Å². The van der Waals surface area contributed by atoms with E-state index in [-0.39, 0.29) is 24.2 Å². The van der Waals surface area contributed by atoms with Crippen LogP contribution in [0.5, 0.6) is 0 Å². The van der Waals surface area contributed by atoms with Crippen molar-refractivity contribution in [3.8, 4) is 0 Å². The number of nitrogens with one attached hydrogen (secondary N) is 1. The van der Waals surface area contributed by atoms with Gasteiger partial charge in [0.15, 0.2) is 0 Å². The summed E-state index contributed by atoms with van der Waals surface area (Å²) in [6.07, 6.45) is 10.1. The Morgan fingerprint density at radius 2 is 2.00 bits per heavy atom. The number of hydrogen-bond donors (Lipinski definition) is 1. The van der Waals surface area contributed by atoms with Crippen LogP contribution in [0.15, 0.2) is 30.7 Å². The lowest BCUT2D eigenvalue weighted by molar-refractivity contribution is -0.128. The maximum atomic E-state index is 12.8. The van der Waals surface area contributed by atoms with Gasteiger partial charge >= 0.3 is 0 Å². The number of hydrogen-bond acceptors (Lipinski definition) is 4. The monoisotopic (exact) mass is 367 g/mol. The molecule has 0 radical (unpaired) electrons. The minimum atomic E-state index is -0.328. The molecule has 1 unspecified atom stereocenters. The lowest BCUT2D eigenvalue weighted by Gasteiger charge is -2.18. The molecule has 3 heterocycles. The van der Waals surface area contributed by atoms with Crippen LogP contribution in [0.4, 0.5) is 5.82 Å². The second-order valence-corrected chi connectivity index (χ2v) is 7.58. The average molecular weight is 367 g/mol. The van der Waals surface area contributed by atoms with E-state index in [1.54, 1.807) is 17.3 Å². The van der Waals surface area contributed by atoms with Gasteiger partial charge in [-0.25, -0.2) is 4.68 Å². The molecule has 1 aliphatic heterocycles. The Morgan fingerprint density at radius 1 is 1.26 bits per heavy atom. The van der Waals surface area contributed by atoms with Crippen LogP contribution in [0.1, 0.15) is 49.3 Å². The molecule has 0 spiro atoms. The molecular weight excluding hydrogens is 342 g/mol. The molecule has 1 saturated heterocycles. The molecule has 2 aromatic heterocycles. The first-order valence-electron chi connectivity index (χ1n) is 9.63. The predicted octanol–water partition coefficient (Wildman–Crippen LogP) is 2.69. The Labute approximate surface area is 158 Å². The third kappa shape index (κ3) is 3.72. The summed E-state index contributed by atoms with van der Waals surface area (Å²) < 4.78 is 1.96. The smallest absolute Gasteiger partial charge is 0.230 e. The maximum absolute atomic E-state index is 12.8. The Morgan fingerprint density at radius 3 is 2.74 bits per heavy atom. The van der Waals surface area contributed by atoms with E-state index in [0.717, 1.165) is 29.8 Å². The SMILES string of the molecule is Cc1cnn(C2CCCC2)c1NC(=O)C1CC(=O)N(Cc2ccncc2)C1. The van der Waals surface area contributed by atoms with Crippen molar-refractivity contribution in [3.05, 3.63) is 41.9 Å². The number of aromatic nitrogens is 3. The number of nitrogens with zero attached hydrogens (tertiary/aromatic N) is 4. The van der Waals surface area contributed by atoms with E-state index in [4.69, 9.17) is 0 Å². The van der Waals surface area contributed by atoms with Crippen molar-refractivity contribution >= 4 is 17.6 Å². The van der Waals surface area contributed by atoms with Gasteiger partial charge in [-0.1, -0.05) is 12.8 Å². The minimum Gasteiger partial charge on any atom is -0.338 e. The van der Waals surface area contributed by atoms with Crippen molar-refractivity contribution in [3.63, 3.8) is 0 Å². The molecule has 0 bridgehead atoms. The first-order chi connectivity index (χ1) is 13.1. The number of rotatable bonds is 5. The second kappa shape index (κ2) is 7.50. The molecule has 1 saturated carbocycles. The molecule has 2 aliphatic rings. The quantitative estimate of drug-likeness (QED) is 0.881. The molecule has 0 aromatic carbocycles. The van der Waals surface area contributed by atoms with Crippen molar-refractivity contribution in [1.29, 1.82) is 0 Å². The van der Waals surface area contributed by atoms with E-state index >= 15 is 0 Å². The summed E-state index contributed by atoms with van der Waals surface area (Å²) in [5.74, 6) is 0.383. The molecule has 2 amide bonds. The zero-order valence-electron chi connectivity index (χ0n) is 15.6. The maximum Gasteiger partial charge on any atom is 0.230 e. The van der Waals surface area contributed by atoms with E-state index in [1.165, 1.54) is 12.8 Å². The standard InChI is InChI=1S/C20H25N5O2/c1-14-11-22-25(17-4-2-3-5-17)19(14)23-20(27)16-10-18(26)24(13-16)12-15-6-8-21-9-7-15/h6-9,11,16-17H,2-5,10,12-13H2,1H3,(H,23,27). The molecule has 7 heteroatoms. The van der Waals surface area contributed by atoms with Gasteiger partial charge in [-0.2, -0.15) is 5.10 Å². The highest BCUT2D eigenvalue weighted by Gasteiger charge is 2.35. The van der Waals surface area contributed by atoms with Crippen molar-refractivity contribution in [2.24, 2.45) is 5.92 Å². The van der Waals surface area contributed by atoms with Gasteiger partial charge in [-0.15, -0.1) is 0 Å². The fourth-order valence-electron chi connectivity index (χ4n) is 4.06. The summed E-state index contributed by atoms with van der Waals surface area (Å²) in [4.78, 5) is 30.9. The van der Waals surface area contributed by atoms with Gasteiger partial charge in [-0.3, -0.25) is 14.6 Å². The number of likely N-dealkylation sites (tertiary alicyclic amines) is 1. The largest absolute Gasteiger partial charge is 0.338 e. The third-order valence-corrected chi connectivity index (χ3v) is 5.60. The first kappa shape index (κ1) is 17.7. The zero-order chi connectivity index (χ0) is 18.8. The van der Waals surface area contributed by atoms with Crippen LogP contribution in [-0.4, -0.2) is 38.0 Å². The summed E-state index contributed by atoms with van der Waals surface area (Å²) in [5.41, 5.74) is 1.99. The molecule has 1 atom stereocenters. The van der Waals surface area contributed by atoms with E-state index in [0.29, 0.717) is 19.1 Å². The summed E-state index contributed by atoms with van der Waals surface area (Å²) in [5, 5.41) is 7.54. The Hall–Kier alpha value is -2.70. The van der Waals surface area contributed by atoms with Gasteiger partial charge in [0.1, 0.15) is 5.82 Å². The number of pyridine rings is 1. The van der Waals surface area contributed by atoms with E-state index in [9.17, 15) is 9.59 Å². The van der Waals surface area contributed by atoms with Crippen molar-refractivity contribution in [2.45, 2.75) is 51.6 Å². The normalized spacial score (nSPS) is 20.4. The number of aryl methyl sites for hydroxylation is 1.